The van der Waals surface area contributed by atoms with Gasteiger partial charge in [0.2, 0.25) is 5.88 Å². The third-order valence-electron chi connectivity index (χ3n) is 3.99. The lowest BCUT2D eigenvalue weighted by Crippen LogP contribution is -2.32. The quantitative estimate of drug-likeness (QED) is 0.869. The lowest BCUT2D eigenvalue weighted by atomic mass is 9.84. The van der Waals surface area contributed by atoms with Gasteiger partial charge < -0.3 is 10.1 Å². The SMILES string of the molecule is CCC1CCC(NCc2cccc(OC)n2)CC1. The highest BCUT2D eigenvalue weighted by Crippen LogP contribution is 2.26. The summed E-state index contributed by atoms with van der Waals surface area (Å²) >= 11 is 0. The van der Waals surface area contributed by atoms with Crippen molar-refractivity contribution in [1.82, 2.24) is 10.3 Å². The third kappa shape index (κ3) is 3.70. The molecule has 0 aromatic carbocycles. The summed E-state index contributed by atoms with van der Waals surface area (Å²) in [4.78, 5) is 4.42. The summed E-state index contributed by atoms with van der Waals surface area (Å²) in [6, 6.07) is 6.60. The van der Waals surface area contributed by atoms with E-state index in [1.165, 1.54) is 32.1 Å². The number of rotatable bonds is 5. The lowest BCUT2D eigenvalue weighted by Gasteiger charge is -2.28. The number of methoxy groups -OCH3 is 1. The number of nitrogens with one attached hydrogen (secondary N) is 1. The molecular weight excluding hydrogens is 224 g/mol. The van der Waals surface area contributed by atoms with E-state index < -0.39 is 0 Å². The second-order valence-corrected chi connectivity index (χ2v) is 5.18. The van der Waals surface area contributed by atoms with E-state index in [0.29, 0.717) is 11.9 Å². The minimum Gasteiger partial charge on any atom is -0.481 e. The summed E-state index contributed by atoms with van der Waals surface area (Å²) < 4.78 is 5.14. The maximum Gasteiger partial charge on any atom is 0.213 e. The van der Waals surface area contributed by atoms with Gasteiger partial charge in [0.15, 0.2) is 0 Å². The molecular formula is C15H24N2O. The smallest absolute Gasteiger partial charge is 0.213 e. The van der Waals surface area contributed by atoms with Crippen molar-refractivity contribution in [2.75, 3.05) is 7.11 Å². The molecule has 0 radical (unpaired) electrons. The fourth-order valence-corrected chi connectivity index (χ4v) is 2.69. The van der Waals surface area contributed by atoms with Crippen molar-refractivity contribution in [1.29, 1.82) is 0 Å². The first-order valence-corrected chi connectivity index (χ1v) is 7.05. The molecule has 1 N–H and O–H groups in total. The van der Waals surface area contributed by atoms with E-state index in [4.69, 9.17) is 4.74 Å². The number of pyridine rings is 1. The van der Waals surface area contributed by atoms with Crippen LogP contribution < -0.4 is 10.1 Å². The Morgan fingerprint density at radius 1 is 1.28 bits per heavy atom. The minimum atomic E-state index is 0.667. The van der Waals surface area contributed by atoms with E-state index in [9.17, 15) is 0 Å². The van der Waals surface area contributed by atoms with E-state index in [1.54, 1.807) is 7.11 Å². The largest absolute Gasteiger partial charge is 0.481 e. The van der Waals surface area contributed by atoms with Crippen LogP contribution in [-0.2, 0) is 6.54 Å². The van der Waals surface area contributed by atoms with Gasteiger partial charge in [-0.1, -0.05) is 19.4 Å². The predicted molar refractivity (Wildman–Crippen MR) is 73.7 cm³/mol. The topological polar surface area (TPSA) is 34.1 Å². The van der Waals surface area contributed by atoms with Crippen molar-refractivity contribution in [3.8, 4) is 5.88 Å². The Morgan fingerprint density at radius 2 is 2.06 bits per heavy atom. The van der Waals surface area contributed by atoms with Crippen molar-refractivity contribution < 1.29 is 4.74 Å². The van der Waals surface area contributed by atoms with Crippen LogP contribution in [0.25, 0.3) is 0 Å². The van der Waals surface area contributed by atoms with Crippen molar-refractivity contribution >= 4 is 0 Å². The van der Waals surface area contributed by atoms with Crippen LogP contribution in [0, 0.1) is 5.92 Å². The molecule has 100 valence electrons. The van der Waals surface area contributed by atoms with E-state index in [2.05, 4.69) is 17.2 Å². The highest BCUT2D eigenvalue weighted by Gasteiger charge is 2.19. The van der Waals surface area contributed by atoms with Crippen LogP contribution in [0.4, 0.5) is 0 Å². The van der Waals surface area contributed by atoms with Crippen molar-refractivity contribution in [3.05, 3.63) is 23.9 Å². The first-order valence-electron chi connectivity index (χ1n) is 7.05. The van der Waals surface area contributed by atoms with Gasteiger partial charge in [-0.15, -0.1) is 0 Å². The van der Waals surface area contributed by atoms with Gasteiger partial charge >= 0.3 is 0 Å². The molecule has 1 heterocycles. The molecule has 3 heteroatoms. The molecule has 3 nitrogen and oxygen atoms in total. The van der Waals surface area contributed by atoms with Gasteiger partial charge in [0.25, 0.3) is 0 Å². The van der Waals surface area contributed by atoms with Gasteiger partial charge in [-0.2, -0.15) is 0 Å². The molecule has 0 amide bonds. The number of aromatic nitrogens is 1. The Hall–Kier alpha value is -1.09. The molecule has 2 rings (SSSR count). The molecule has 1 fully saturated rings. The molecule has 1 saturated carbocycles. The molecule has 1 aromatic heterocycles. The molecule has 0 bridgehead atoms. The maximum atomic E-state index is 5.14. The molecule has 0 unspecified atom stereocenters. The molecule has 1 aliphatic carbocycles. The van der Waals surface area contributed by atoms with Crippen LogP contribution in [0.5, 0.6) is 5.88 Å². The van der Waals surface area contributed by atoms with Crippen LogP contribution in [-0.4, -0.2) is 18.1 Å². The second-order valence-electron chi connectivity index (χ2n) is 5.18. The number of hydrogen-bond acceptors (Lipinski definition) is 3. The summed E-state index contributed by atoms with van der Waals surface area (Å²) in [5, 5.41) is 3.62. The molecule has 1 aliphatic rings. The molecule has 0 aliphatic heterocycles. The number of ether oxygens (including phenoxy) is 1. The zero-order valence-corrected chi connectivity index (χ0v) is 11.5. The van der Waals surface area contributed by atoms with Crippen molar-refractivity contribution in [2.45, 2.75) is 51.6 Å². The normalized spacial score (nSPS) is 23.9. The zero-order valence-electron chi connectivity index (χ0n) is 11.5. The number of hydrogen-bond donors (Lipinski definition) is 1. The van der Waals surface area contributed by atoms with Crippen LogP contribution in [0.15, 0.2) is 18.2 Å². The number of nitrogens with zero attached hydrogens (tertiary/aromatic N) is 1. The standard InChI is InChI=1S/C15H24N2O/c1-3-12-7-9-13(10-8-12)16-11-14-5-4-6-15(17-14)18-2/h4-6,12-13,16H,3,7-11H2,1-2H3. The molecule has 1 aromatic rings. The van der Waals surface area contributed by atoms with E-state index >= 15 is 0 Å². The molecule has 0 saturated heterocycles. The Balaban J connectivity index is 1.77. The summed E-state index contributed by atoms with van der Waals surface area (Å²) in [5.74, 6) is 1.65. The highest BCUT2D eigenvalue weighted by molar-refractivity contribution is 5.15. The molecule has 0 spiro atoms. The first-order chi connectivity index (χ1) is 8.81. The summed E-state index contributed by atoms with van der Waals surface area (Å²) in [6.07, 6.45) is 6.70. The molecule has 0 atom stereocenters. The maximum absolute atomic E-state index is 5.14. The van der Waals surface area contributed by atoms with Crippen molar-refractivity contribution in [3.63, 3.8) is 0 Å². The van der Waals surface area contributed by atoms with Gasteiger partial charge in [0.1, 0.15) is 0 Å². The average Bonchev–Trinajstić information content (AvgIpc) is 2.46. The van der Waals surface area contributed by atoms with Crippen LogP contribution in [0.1, 0.15) is 44.7 Å². The highest BCUT2D eigenvalue weighted by atomic mass is 16.5. The average molecular weight is 248 g/mol. The monoisotopic (exact) mass is 248 g/mol. The third-order valence-corrected chi connectivity index (χ3v) is 3.99. The summed E-state index contributed by atoms with van der Waals surface area (Å²) in [5.41, 5.74) is 1.06. The van der Waals surface area contributed by atoms with Crippen LogP contribution in [0.3, 0.4) is 0 Å². The van der Waals surface area contributed by atoms with Gasteiger partial charge in [0, 0.05) is 18.7 Å². The first kappa shape index (κ1) is 13.3. The Morgan fingerprint density at radius 3 is 2.72 bits per heavy atom. The second kappa shape index (κ2) is 6.74. The van der Waals surface area contributed by atoms with Crippen molar-refractivity contribution in [2.24, 2.45) is 5.92 Å². The summed E-state index contributed by atoms with van der Waals surface area (Å²) in [6.45, 7) is 3.15. The van der Waals surface area contributed by atoms with E-state index in [0.717, 1.165) is 18.2 Å². The molecule has 18 heavy (non-hydrogen) atoms. The Labute approximate surface area is 110 Å². The predicted octanol–water partition coefficient (Wildman–Crippen LogP) is 3.15. The van der Waals surface area contributed by atoms with Gasteiger partial charge in [0.05, 0.1) is 12.8 Å². The zero-order chi connectivity index (χ0) is 12.8. The van der Waals surface area contributed by atoms with Gasteiger partial charge in [-0.05, 0) is 37.7 Å². The van der Waals surface area contributed by atoms with Crippen LogP contribution >= 0.6 is 0 Å². The Kier molecular flexibility index (Phi) is 5.00. The van der Waals surface area contributed by atoms with Gasteiger partial charge in [-0.25, -0.2) is 4.98 Å². The fraction of sp³-hybridized carbons (Fsp3) is 0.667. The lowest BCUT2D eigenvalue weighted by molar-refractivity contribution is 0.284. The summed E-state index contributed by atoms with van der Waals surface area (Å²) in [7, 11) is 1.66. The van der Waals surface area contributed by atoms with Crippen LogP contribution in [0.2, 0.25) is 0 Å². The Bertz CT molecular complexity index is 359. The fourth-order valence-electron chi connectivity index (χ4n) is 2.69. The van der Waals surface area contributed by atoms with E-state index in [-0.39, 0.29) is 0 Å². The van der Waals surface area contributed by atoms with Gasteiger partial charge in [-0.3, -0.25) is 0 Å². The minimum absolute atomic E-state index is 0.667. The van der Waals surface area contributed by atoms with E-state index in [1.807, 2.05) is 18.2 Å².